The van der Waals surface area contributed by atoms with Gasteiger partial charge in [-0.15, -0.1) is 11.3 Å². The van der Waals surface area contributed by atoms with Crippen LogP contribution in [-0.4, -0.2) is 31.0 Å². The van der Waals surface area contributed by atoms with Gasteiger partial charge in [0.25, 0.3) is 5.91 Å². The zero-order chi connectivity index (χ0) is 20.1. The lowest BCUT2D eigenvalue weighted by atomic mass is 10.1. The molecule has 0 radical (unpaired) electrons. The Balaban J connectivity index is 2.13. The Morgan fingerprint density at radius 3 is 2.41 bits per heavy atom. The van der Waals surface area contributed by atoms with Crippen LogP contribution in [0.15, 0.2) is 24.3 Å². The second kappa shape index (κ2) is 8.68. The molecule has 0 aliphatic heterocycles. The molecule has 1 atom stereocenters. The smallest absolute Gasteiger partial charge is 0.342 e. The van der Waals surface area contributed by atoms with E-state index >= 15 is 0 Å². The molecule has 7 nitrogen and oxygen atoms in total. The highest BCUT2D eigenvalue weighted by atomic mass is 32.1. The second-order valence-electron chi connectivity index (χ2n) is 5.91. The molecule has 0 fully saturated rings. The minimum atomic E-state index is -1.04. The van der Waals surface area contributed by atoms with Gasteiger partial charge in [0, 0.05) is 11.8 Å². The lowest BCUT2D eigenvalue weighted by molar-refractivity contribution is -0.123. The van der Waals surface area contributed by atoms with Gasteiger partial charge in [0.2, 0.25) is 5.91 Å². The van der Waals surface area contributed by atoms with Crippen molar-refractivity contribution in [3.63, 3.8) is 0 Å². The zero-order valence-corrected chi connectivity index (χ0v) is 16.7. The number of benzene rings is 1. The van der Waals surface area contributed by atoms with E-state index < -0.39 is 18.0 Å². The molecule has 1 aromatic carbocycles. The van der Waals surface area contributed by atoms with Crippen LogP contribution >= 0.6 is 11.3 Å². The van der Waals surface area contributed by atoms with Crippen LogP contribution < -0.4 is 15.4 Å². The maximum absolute atomic E-state index is 12.6. The number of amides is 2. The highest BCUT2D eigenvalue weighted by Crippen LogP contribution is 2.33. The number of rotatable bonds is 6. The van der Waals surface area contributed by atoms with E-state index in [0.717, 1.165) is 4.88 Å². The summed E-state index contributed by atoms with van der Waals surface area (Å²) in [5.74, 6) is -0.935. The predicted molar refractivity (Wildman–Crippen MR) is 105 cm³/mol. The average molecular weight is 390 g/mol. The molecule has 2 amide bonds. The fraction of sp³-hybridized carbons (Fsp3) is 0.316. The number of anilines is 2. The Morgan fingerprint density at radius 2 is 1.78 bits per heavy atom. The first-order valence-corrected chi connectivity index (χ1v) is 9.08. The van der Waals surface area contributed by atoms with Crippen LogP contribution in [0.1, 0.15) is 34.6 Å². The van der Waals surface area contributed by atoms with Gasteiger partial charge in [-0.2, -0.15) is 0 Å². The molecule has 144 valence electrons. The van der Waals surface area contributed by atoms with Crippen molar-refractivity contribution in [3.05, 3.63) is 40.3 Å². The minimum Gasteiger partial charge on any atom is -0.495 e. The summed E-state index contributed by atoms with van der Waals surface area (Å²) in [6, 6.07) is 6.94. The van der Waals surface area contributed by atoms with E-state index in [1.807, 2.05) is 6.92 Å². The van der Waals surface area contributed by atoms with Crippen LogP contribution in [0.5, 0.6) is 5.75 Å². The van der Waals surface area contributed by atoms with Gasteiger partial charge in [0.15, 0.2) is 6.10 Å². The molecule has 2 aromatic rings. The summed E-state index contributed by atoms with van der Waals surface area (Å²) in [6.45, 7) is 6.46. The Hall–Kier alpha value is -2.87. The van der Waals surface area contributed by atoms with E-state index in [4.69, 9.17) is 9.47 Å². The van der Waals surface area contributed by atoms with Crippen molar-refractivity contribution < 1.29 is 23.9 Å². The largest absolute Gasteiger partial charge is 0.495 e. The highest BCUT2D eigenvalue weighted by Gasteiger charge is 2.26. The van der Waals surface area contributed by atoms with Crippen LogP contribution in [0.4, 0.5) is 10.7 Å². The van der Waals surface area contributed by atoms with Crippen LogP contribution in [0, 0.1) is 13.8 Å². The predicted octanol–water partition coefficient (Wildman–Crippen LogP) is 3.52. The molecule has 27 heavy (non-hydrogen) atoms. The first-order valence-electron chi connectivity index (χ1n) is 8.27. The van der Waals surface area contributed by atoms with Crippen molar-refractivity contribution in [2.45, 2.75) is 33.8 Å². The number of ether oxygens (including phenoxy) is 2. The van der Waals surface area contributed by atoms with E-state index in [9.17, 15) is 14.4 Å². The molecule has 0 aliphatic rings. The van der Waals surface area contributed by atoms with Crippen molar-refractivity contribution >= 4 is 39.8 Å². The van der Waals surface area contributed by atoms with Crippen molar-refractivity contribution in [3.8, 4) is 5.75 Å². The zero-order valence-electron chi connectivity index (χ0n) is 15.8. The number of aryl methyl sites for hydroxylation is 1. The normalized spacial score (nSPS) is 11.4. The van der Waals surface area contributed by atoms with Crippen molar-refractivity contribution in [2.24, 2.45) is 0 Å². The van der Waals surface area contributed by atoms with Gasteiger partial charge in [0.1, 0.15) is 10.8 Å². The summed E-state index contributed by atoms with van der Waals surface area (Å²) < 4.78 is 10.5. The molecule has 8 heteroatoms. The standard InChI is InChI=1S/C19H22N2O5S/c1-10-12(3)27-18(20-13(4)22)16(10)19(24)26-11(2)17(23)21-14-8-6-7-9-15(14)25-5/h6-9,11H,1-5H3,(H,20,22)(H,21,23)/t11-/m1/s1. The molecule has 2 N–H and O–H groups in total. The Labute approximate surface area is 161 Å². The molecular formula is C19H22N2O5S. The van der Waals surface area contributed by atoms with Gasteiger partial charge in [-0.1, -0.05) is 12.1 Å². The van der Waals surface area contributed by atoms with E-state index in [-0.39, 0.29) is 11.5 Å². The molecule has 2 rings (SSSR count). The minimum absolute atomic E-state index is 0.268. The molecule has 0 spiro atoms. The monoisotopic (exact) mass is 390 g/mol. The third-order valence-corrected chi connectivity index (χ3v) is 5.02. The fourth-order valence-corrected chi connectivity index (χ4v) is 3.47. The summed E-state index contributed by atoms with van der Waals surface area (Å²) in [7, 11) is 1.50. The lowest BCUT2D eigenvalue weighted by Crippen LogP contribution is -2.30. The quantitative estimate of drug-likeness (QED) is 0.736. The molecule has 0 bridgehead atoms. The maximum atomic E-state index is 12.6. The van der Waals surface area contributed by atoms with E-state index in [1.54, 1.807) is 31.2 Å². The van der Waals surface area contributed by atoms with Gasteiger partial charge in [0.05, 0.1) is 18.4 Å². The number of para-hydroxylation sites is 2. The van der Waals surface area contributed by atoms with Gasteiger partial charge in [-0.25, -0.2) is 4.79 Å². The number of carbonyl (C=O) groups excluding carboxylic acids is 3. The number of hydrogen-bond donors (Lipinski definition) is 2. The molecular weight excluding hydrogens is 368 g/mol. The average Bonchev–Trinajstić information content (AvgIpc) is 2.88. The first-order chi connectivity index (χ1) is 12.7. The van der Waals surface area contributed by atoms with E-state index in [2.05, 4.69) is 10.6 Å². The van der Waals surface area contributed by atoms with E-state index in [0.29, 0.717) is 22.0 Å². The molecule has 1 heterocycles. The number of nitrogens with one attached hydrogen (secondary N) is 2. The number of carbonyl (C=O) groups is 3. The van der Waals surface area contributed by atoms with Crippen LogP contribution in [0.2, 0.25) is 0 Å². The maximum Gasteiger partial charge on any atom is 0.342 e. The molecule has 0 saturated heterocycles. The summed E-state index contributed by atoms with van der Waals surface area (Å²) in [5.41, 5.74) is 1.46. The number of methoxy groups -OCH3 is 1. The lowest BCUT2D eigenvalue weighted by Gasteiger charge is -2.15. The van der Waals surface area contributed by atoms with Crippen molar-refractivity contribution in [1.29, 1.82) is 0 Å². The Bertz CT molecular complexity index is 875. The fourth-order valence-electron chi connectivity index (χ4n) is 2.38. The summed E-state index contributed by atoms with van der Waals surface area (Å²) in [5, 5.41) is 5.73. The van der Waals surface area contributed by atoms with Crippen molar-refractivity contribution in [1.82, 2.24) is 0 Å². The molecule has 0 unspecified atom stereocenters. The van der Waals surface area contributed by atoms with Crippen LogP contribution in [-0.2, 0) is 14.3 Å². The molecule has 1 aromatic heterocycles. The van der Waals surface area contributed by atoms with Gasteiger partial charge < -0.3 is 20.1 Å². The van der Waals surface area contributed by atoms with Crippen LogP contribution in [0.25, 0.3) is 0 Å². The van der Waals surface area contributed by atoms with Gasteiger partial charge in [-0.05, 0) is 38.5 Å². The third kappa shape index (κ3) is 4.85. The summed E-state index contributed by atoms with van der Waals surface area (Å²) in [6.07, 6.45) is -1.04. The number of esters is 1. The number of thiophene rings is 1. The SMILES string of the molecule is COc1ccccc1NC(=O)[C@@H](C)OC(=O)c1c(NC(C)=O)sc(C)c1C. The van der Waals surface area contributed by atoms with Crippen LogP contribution in [0.3, 0.4) is 0 Å². The van der Waals surface area contributed by atoms with Gasteiger partial charge in [-0.3, -0.25) is 9.59 Å². The Kier molecular flexibility index (Phi) is 6.57. The summed E-state index contributed by atoms with van der Waals surface area (Å²) in [4.78, 5) is 37.2. The molecule has 0 aliphatic carbocycles. The van der Waals surface area contributed by atoms with E-state index in [1.165, 1.54) is 32.3 Å². The topological polar surface area (TPSA) is 93.7 Å². The molecule has 0 saturated carbocycles. The first kappa shape index (κ1) is 20.4. The number of hydrogen-bond acceptors (Lipinski definition) is 6. The van der Waals surface area contributed by atoms with Gasteiger partial charge >= 0.3 is 5.97 Å². The third-order valence-electron chi connectivity index (χ3n) is 3.90. The second-order valence-corrected chi connectivity index (χ2v) is 7.13. The Morgan fingerprint density at radius 1 is 1.11 bits per heavy atom. The summed E-state index contributed by atoms with van der Waals surface area (Å²) >= 11 is 1.29. The highest BCUT2D eigenvalue weighted by molar-refractivity contribution is 7.16. The van der Waals surface area contributed by atoms with Crippen molar-refractivity contribution in [2.75, 3.05) is 17.7 Å².